The molecule has 1 aliphatic rings. The lowest BCUT2D eigenvalue weighted by Crippen LogP contribution is -2.27. The van der Waals surface area contributed by atoms with Gasteiger partial charge in [0.15, 0.2) is 9.84 Å². The second-order valence-corrected chi connectivity index (χ2v) is 7.23. The summed E-state index contributed by atoms with van der Waals surface area (Å²) in [6, 6.07) is 7.63. The van der Waals surface area contributed by atoms with E-state index in [9.17, 15) is 8.42 Å². The van der Waals surface area contributed by atoms with E-state index in [2.05, 4.69) is 0 Å². The van der Waals surface area contributed by atoms with Gasteiger partial charge in [-0.2, -0.15) is 0 Å². The van der Waals surface area contributed by atoms with Crippen LogP contribution in [0.15, 0.2) is 24.3 Å². The number of hydrogen-bond acceptors (Lipinski definition) is 4. The van der Waals surface area contributed by atoms with E-state index in [1.54, 1.807) is 6.92 Å². The Kier molecular flexibility index (Phi) is 3.92. The van der Waals surface area contributed by atoms with Crippen LogP contribution >= 0.6 is 0 Å². The summed E-state index contributed by atoms with van der Waals surface area (Å²) >= 11 is 0. The van der Waals surface area contributed by atoms with Crippen LogP contribution in [-0.4, -0.2) is 32.6 Å². The molecule has 1 heterocycles. The number of hydrogen-bond donors (Lipinski definition) is 1. The van der Waals surface area contributed by atoms with Crippen molar-refractivity contribution in [2.75, 3.05) is 18.9 Å². The standard InChI is InChI=1S/C13H19NO3S/c1-10(6-7-14)18(15,16)9-11-8-17-13-5-3-2-4-12(11)13/h2-5,10-11H,6-9,14H2,1H3. The van der Waals surface area contributed by atoms with Crippen molar-refractivity contribution in [2.45, 2.75) is 24.5 Å². The molecule has 18 heavy (non-hydrogen) atoms. The highest BCUT2D eigenvalue weighted by atomic mass is 32.2. The number of sulfone groups is 1. The topological polar surface area (TPSA) is 69.4 Å². The van der Waals surface area contributed by atoms with Gasteiger partial charge in [0, 0.05) is 11.5 Å². The lowest BCUT2D eigenvalue weighted by Gasteiger charge is -2.15. The molecule has 0 radical (unpaired) electrons. The molecule has 0 amide bonds. The molecule has 2 atom stereocenters. The zero-order chi connectivity index (χ0) is 13.2. The van der Waals surface area contributed by atoms with E-state index < -0.39 is 9.84 Å². The maximum absolute atomic E-state index is 12.2. The summed E-state index contributed by atoms with van der Waals surface area (Å²) in [6.07, 6.45) is 0.511. The Morgan fingerprint density at radius 1 is 1.44 bits per heavy atom. The first-order valence-corrected chi connectivity index (χ1v) is 7.89. The van der Waals surface area contributed by atoms with Gasteiger partial charge in [0.1, 0.15) is 5.75 Å². The lowest BCUT2D eigenvalue weighted by atomic mass is 10.0. The molecule has 0 saturated heterocycles. The molecular formula is C13H19NO3S. The quantitative estimate of drug-likeness (QED) is 0.875. The van der Waals surface area contributed by atoms with Crippen LogP contribution in [0.2, 0.25) is 0 Å². The van der Waals surface area contributed by atoms with E-state index in [0.717, 1.165) is 11.3 Å². The first kappa shape index (κ1) is 13.4. The van der Waals surface area contributed by atoms with E-state index in [4.69, 9.17) is 10.5 Å². The molecule has 2 rings (SSSR count). The zero-order valence-corrected chi connectivity index (χ0v) is 11.3. The van der Waals surface area contributed by atoms with Gasteiger partial charge in [-0.25, -0.2) is 8.42 Å². The first-order chi connectivity index (χ1) is 8.54. The van der Waals surface area contributed by atoms with Gasteiger partial charge in [0.2, 0.25) is 0 Å². The van der Waals surface area contributed by atoms with E-state index in [1.165, 1.54) is 0 Å². The molecule has 0 saturated carbocycles. The Bertz CT molecular complexity index is 513. The average molecular weight is 269 g/mol. The zero-order valence-electron chi connectivity index (χ0n) is 10.5. The first-order valence-electron chi connectivity index (χ1n) is 6.18. The van der Waals surface area contributed by atoms with Crippen LogP contribution in [-0.2, 0) is 9.84 Å². The highest BCUT2D eigenvalue weighted by Crippen LogP contribution is 2.34. The molecular weight excluding hydrogens is 250 g/mol. The molecule has 5 heteroatoms. The van der Waals surface area contributed by atoms with Gasteiger partial charge < -0.3 is 10.5 Å². The van der Waals surface area contributed by atoms with E-state index in [-0.39, 0.29) is 16.9 Å². The minimum atomic E-state index is -3.11. The summed E-state index contributed by atoms with van der Waals surface area (Å²) < 4.78 is 29.9. The smallest absolute Gasteiger partial charge is 0.153 e. The third-order valence-electron chi connectivity index (χ3n) is 3.42. The summed E-state index contributed by atoms with van der Waals surface area (Å²) in [6.45, 7) is 2.58. The number of ether oxygens (including phenoxy) is 1. The van der Waals surface area contributed by atoms with Crippen molar-refractivity contribution >= 4 is 9.84 Å². The monoisotopic (exact) mass is 269 g/mol. The molecule has 0 bridgehead atoms. The average Bonchev–Trinajstić information content (AvgIpc) is 2.73. The van der Waals surface area contributed by atoms with Gasteiger partial charge >= 0.3 is 0 Å². The Hall–Kier alpha value is -1.07. The molecule has 4 nitrogen and oxygen atoms in total. The Labute approximate surface area is 108 Å². The predicted molar refractivity (Wildman–Crippen MR) is 71.6 cm³/mol. The molecule has 1 aromatic carbocycles. The third-order valence-corrected chi connectivity index (χ3v) is 5.75. The van der Waals surface area contributed by atoms with Crippen molar-refractivity contribution in [3.05, 3.63) is 29.8 Å². The maximum atomic E-state index is 12.2. The van der Waals surface area contributed by atoms with Crippen molar-refractivity contribution < 1.29 is 13.2 Å². The number of fused-ring (bicyclic) bond motifs is 1. The number of nitrogens with two attached hydrogens (primary N) is 1. The molecule has 0 aliphatic carbocycles. The van der Waals surface area contributed by atoms with Crippen LogP contribution in [0.5, 0.6) is 5.75 Å². The second kappa shape index (κ2) is 5.28. The van der Waals surface area contributed by atoms with Crippen molar-refractivity contribution in [1.29, 1.82) is 0 Å². The van der Waals surface area contributed by atoms with Crippen LogP contribution in [0.4, 0.5) is 0 Å². The SMILES string of the molecule is CC(CCN)S(=O)(=O)CC1COc2ccccc21. The van der Waals surface area contributed by atoms with E-state index >= 15 is 0 Å². The van der Waals surface area contributed by atoms with Gasteiger partial charge in [-0.1, -0.05) is 18.2 Å². The van der Waals surface area contributed by atoms with Gasteiger partial charge in [0.25, 0.3) is 0 Å². The number of benzene rings is 1. The highest BCUT2D eigenvalue weighted by molar-refractivity contribution is 7.92. The predicted octanol–water partition coefficient (Wildman–Crippen LogP) is 1.31. The summed E-state index contributed by atoms with van der Waals surface area (Å²) in [5.74, 6) is 0.904. The molecule has 0 spiro atoms. The van der Waals surface area contributed by atoms with Gasteiger partial charge in [0.05, 0.1) is 17.6 Å². The van der Waals surface area contributed by atoms with Gasteiger partial charge in [-0.15, -0.1) is 0 Å². The van der Waals surface area contributed by atoms with Crippen LogP contribution in [0.25, 0.3) is 0 Å². The lowest BCUT2D eigenvalue weighted by molar-refractivity contribution is 0.337. The second-order valence-electron chi connectivity index (χ2n) is 4.76. The molecule has 2 N–H and O–H groups in total. The largest absolute Gasteiger partial charge is 0.493 e. The minimum absolute atomic E-state index is 0.0496. The molecule has 1 aliphatic heterocycles. The molecule has 1 aromatic rings. The van der Waals surface area contributed by atoms with Gasteiger partial charge in [-0.3, -0.25) is 0 Å². The molecule has 0 fully saturated rings. The molecule has 2 unspecified atom stereocenters. The maximum Gasteiger partial charge on any atom is 0.153 e. The van der Waals surface area contributed by atoms with Crippen molar-refractivity contribution in [1.82, 2.24) is 0 Å². The summed E-state index contributed by atoms with van der Waals surface area (Å²) in [5.41, 5.74) is 6.42. The number of para-hydroxylation sites is 1. The van der Waals surface area contributed by atoms with Crippen LogP contribution in [0.3, 0.4) is 0 Å². The summed E-state index contributed by atoms with van der Waals surface area (Å²) in [4.78, 5) is 0. The van der Waals surface area contributed by atoms with E-state index in [0.29, 0.717) is 19.6 Å². The fourth-order valence-corrected chi connectivity index (χ4v) is 3.89. The summed E-state index contributed by atoms with van der Waals surface area (Å²) in [5, 5.41) is -0.379. The summed E-state index contributed by atoms with van der Waals surface area (Å²) in [7, 11) is -3.11. The fraction of sp³-hybridized carbons (Fsp3) is 0.538. The fourth-order valence-electron chi connectivity index (χ4n) is 2.23. The van der Waals surface area contributed by atoms with Crippen molar-refractivity contribution in [2.24, 2.45) is 5.73 Å². The van der Waals surface area contributed by atoms with Crippen LogP contribution in [0.1, 0.15) is 24.8 Å². The van der Waals surface area contributed by atoms with E-state index in [1.807, 2.05) is 24.3 Å². The highest BCUT2D eigenvalue weighted by Gasteiger charge is 2.31. The Morgan fingerprint density at radius 3 is 2.89 bits per heavy atom. The third kappa shape index (κ3) is 2.67. The Morgan fingerprint density at radius 2 is 2.17 bits per heavy atom. The molecule has 100 valence electrons. The van der Waals surface area contributed by atoms with Gasteiger partial charge in [-0.05, 0) is 26.0 Å². The minimum Gasteiger partial charge on any atom is -0.493 e. The Balaban J connectivity index is 2.12. The van der Waals surface area contributed by atoms with Crippen molar-refractivity contribution in [3.63, 3.8) is 0 Å². The van der Waals surface area contributed by atoms with Crippen molar-refractivity contribution in [3.8, 4) is 5.75 Å². The molecule has 0 aromatic heterocycles. The number of rotatable bonds is 5. The van der Waals surface area contributed by atoms with Crippen LogP contribution < -0.4 is 10.5 Å². The normalized spacial score (nSPS) is 20.2. The van der Waals surface area contributed by atoms with Crippen LogP contribution in [0, 0.1) is 0 Å².